The monoisotopic (exact) mass is 258 g/mol. The Morgan fingerprint density at radius 3 is 3.05 bits per heavy atom. The van der Waals surface area contributed by atoms with Crippen molar-refractivity contribution < 1.29 is 9.53 Å². The number of pyridine rings is 1. The van der Waals surface area contributed by atoms with Crippen molar-refractivity contribution in [2.75, 3.05) is 6.61 Å². The molecule has 4 nitrogen and oxygen atoms in total. The number of nitrogens with zero attached hydrogens (tertiary/aromatic N) is 1. The van der Waals surface area contributed by atoms with E-state index in [1.54, 1.807) is 12.4 Å². The van der Waals surface area contributed by atoms with Gasteiger partial charge in [0.1, 0.15) is 5.69 Å². The van der Waals surface area contributed by atoms with Crippen LogP contribution >= 0.6 is 0 Å². The average Bonchev–Trinajstić information content (AvgIpc) is 3.07. The van der Waals surface area contributed by atoms with Crippen LogP contribution in [-0.4, -0.2) is 22.5 Å². The van der Waals surface area contributed by atoms with Crippen molar-refractivity contribution in [3.05, 3.63) is 30.2 Å². The standard InChI is InChI=1S/C15H18N2O2/c18-15(19-8-6-11-3-1-2-4-11)13-9-12-5-7-16-10-14(12)17-13/h5,7,9-11,17H,1-4,6,8H2. The van der Waals surface area contributed by atoms with Crippen LogP contribution in [0.1, 0.15) is 42.6 Å². The number of esters is 1. The highest BCUT2D eigenvalue weighted by molar-refractivity contribution is 5.94. The summed E-state index contributed by atoms with van der Waals surface area (Å²) in [5.41, 5.74) is 1.37. The number of carbonyl (C=O) groups is 1. The molecule has 0 saturated heterocycles. The first-order valence-corrected chi connectivity index (χ1v) is 6.93. The van der Waals surface area contributed by atoms with E-state index in [1.165, 1.54) is 25.7 Å². The summed E-state index contributed by atoms with van der Waals surface area (Å²) in [6, 6.07) is 3.69. The molecule has 19 heavy (non-hydrogen) atoms. The van der Waals surface area contributed by atoms with Gasteiger partial charge in [-0.3, -0.25) is 4.98 Å². The van der Waals surface area contributed by atoms with Crippen LogP contribution in [0.15, 0.2) is 24.5 Å². The van der Waals surface area contributed by atoms with E-state index in [9.17, 15) is 4.79 Å². The average molecular weight is 258 g/mol. The number of H-pyrrole nitrogens is 1. The maximum atomic E-state index is 11.9. The van der Waals surface area contributed by atoms with Crippen molar-refractivity contribution in [3.8, 4) is 0 Å². The molecule has 2 aromatic heterocycles. The lowest BCUT2D eigenvalue weighted by Crippen LogP contribution is -2.09. The van der Waals surface area contributed by atoms with E-state index in [-0.39, 0.29) is 5.97 Å². The van der Waals surface area contributed by atoms with Gasteiger partial charge in [-0.15, -0.1) is 0 Å². The van der Waals surface area contributed by atoms with Crippen LogP contribution in [0.3, 0.4) is 0 Å². The highest BCUT2D eigenvalue weighted by Crippen LogP contribution is 2.27. The van der Waals surface area contributed by atoms with Crippen LogP contribution in [0.25, 0.3) is 10.9 Å². The Labute approximate surface area is 112 Å². The second kappa shape index (κ2) is 5.43. The second-order valence-corrected chi connectivity index (χ2v) is 5.22. The molecule has 1 aliphatic rings. The summed E-state index contributed by atoms with van der Waals surface area (Å²) in [5.74, 6) is 0.480. The van der Waals surface area contributed by atoms with Gasteiger partial charge in [0, 0.05) is 11.6 Å². The summed E-state index contributed by atoms with van der Waals surface area (Å²) in [6.07, 6.45) is 9.65. The molecule has 0 radical (unpaired) electrons. The molecule has 2 heterocycles. The van der Waals surface area contributed by atoms with E-state index < -0.39 is 0 Å². The van der Waals surface area contributed by atoms with E-state index in [4.69, 9.17) is 4.74 Å². The molecule has 0 unspecified atom stereocenters. The largest absolute Gasteiger partial charge is 0.461 e. The number of hydrogen-bond acceptors (Lipinski definition) is 3. The van der Waals surface area contributed by atoms with Crippen LogP contribution in [0.5, 0.6) is 0 Å². The molecule has 3 rings (SSSR count). The Kier molecular flexibility index (Phi) is 3.49. The van der Waals surface area contributed by atoms with E-state index >= 15 is 0 Å². The molecule has 0 aliphatic heterocycles. The number of rotatable bonds is 4. The van der Waals surface area contributed by atoms with Crippen molar-refractivity contribution in [1.29, 1.82) is 0 Å². The van der Waals surface area contributed by atoms with Crippen LogP contribution in [0, 0.1) is 5.92 Å². The van der Waals surface area contributed by atoms with Crippen molar-refractivity contribution >= 4 is 16.9 Å². The van der Waals surface area contributed by atoms with E-state index in [2.05, 4.69) is 9.97 Å². The number of hydrogen-bond donors (Lipinski definition) is 1. The molecule has 0 atom stereocenters. The third-order valence-electron chi connectivity index (χ3n) is 3.88. The molecule has 0 bridgehead atoms. The van der Waals surface area contributed by atoms with Crippen LogP contribution < -0.4 is 0 Å². The molecular formula is C15H18N2O2. The van der Waals surface area contributed by atoms with Gasteiger partial charge in [-0.25, -0.2) is 4.79 Å². The highest BCUT2D eigenvalue weighted by Gasteiger charge is 2.16. The Morgan fingerprint density at radius 2 is 2.26 bits per heavy atom. The van der Waals surface area contributed by atoms with Gasteiger partial charge in [0.25, 0.3) is 0 Å². The first kappa shape index (κ1) is 12.2. The van der Waals surface area contributed by atoms with Gasteiger partial charge in [0.2, 0.25) is 0 Å². The second-order valence-electron chi connectivity index (χ2n) is 5.22. The summed E-state index contributed by atoms with van der Waals surface area (Å²) in [5, 5.41) is 0.984. The molecule has 0 amide bonds. The van der Waals surface area contributed by atoms with Crippen molar-refractivity contribution in [1.82, 2.24) is 9.97 Å². The number of aromatic nitrogens is 2. The van der Waals surface area contributed by atoms with Gasteiger partial charge in [0.15, 0.2) is 0 Å². The SMILES string of the molecule is O=C(OCCC1CCCC1)c1cc2ccncc2[nH]1. The van der Waals surface area contributed by atoms with Crippen molar-refractivity contribution in [2.24, 2.45) is 5.92 Å². The molecule has 100 valence electrons. The van der Waals surface area contributed by atoms with Crippen LogP contribution in [0.2, 0.25) is 0 Å². The third-order valence-corrected chi connectivity index (χ3v) is 3.88. The fourth-order valence-electron chi connectivity index (χ4n) is 2.78. The minimum Gasteiger partial charge on any atom is -0.461 e. The van der Waals surface area contributed by atoms with Crippen LogP contribution in [-0.2, 0) is 4.74 Å². The van der Waals surface area contributed by atoms with E-state index in [1.807, 2.05) is 12.1 Å². The Balaban J connectivity index is 1.57. The van der Waals surface area contributed by atoms with E-state index in [0.29, 0.717) is 12.3 Å². The Morgan fingerprint density at radius 1 is 1.42 bits per heavy atom. The van der Waals surface area contributed by atoms with Gasteiger partial charge >= 0.3 is 5.97 Å². The normalized spacial score (nSPS) is 16.0. The molecule has 1 aliphatic carbocycles. The lowest BCUT2D eigenvalue weighted by atomic mass is 10.1. The van der Waals surface area contributed by atoms with Gasteiger partial charge < -0.3 is 9.72 Å². The minimum absolute atomic E-state index is 0.269. The topological polar surface area (TPSA) is 55.0 Å². The third kappa shape index (κ3) is 2.78. The van der Waals surface area contributed by atoms with Gasteiger partial charge in [-0.05, 0) is 24.5 Å². The molecule has 0 spiro atoms. The van der Waals surface area contributed by atoms with E-state index in [0.717, 1.165) is 23.2 Å². The predicted molar refractivity (Wildman–Crippen MR) is 73.0 cm³/mol. The van der Waals surface area contributed by atoms with Gasteiger partial charge in [-0.2, -0.15) is 0 Å². The Hall–Kier alpha value is -1.84. The number of carbonyl (C=O) groups excluding carboxylic acids is 1. The summed E-state index contributed by atoms with van der Waals surface area (Å²) in [7, 11) is 0. The van der Waals surface area contributed by atoms with Crippen molar-refractivity contribution in [3.63, 3.8) is 0 Å². The lowest BCUT2D eigenvalue weighted by Gasteiger charge is -2.08. The molecular weight excluding hydrogens is 240 g/mol. The smallest absolute Gasteiger partial charge is 0.354 e. The zero-order valence-corrected chi connectivity index (χ0v) is 10.9. The highest BCUT2D eigenvalue weighted by atomic mass is 16.5. The lowest BCUT2D eigenvalue weighted by molar-refractivity contribution is 0.0477. The first-order valence-electron chi connectivity index (χ1n) is 6.93. The minimum atomic E-state index is -0.269. The molecule has 4 heteroatoms. The maximum Gasteiger partial charge on any atom is 0.354 e. The fourth-order valence-corrected chi connectivity index (χ4v) is 2.78. The quantitative estimate of drug-likeness (QED) is 0.856. The molecule has 2 aromatic rings. The Bertz CT molecular complexity index is 537. The summed E-state index contributed by atoms with van der Waals surface area (Å²) < 4.78 is 5.33. The summed E-state index contributed by atoms with van der Waals surface area (Å²) in [4.78, 5) is 19.0. The maximum absolute atomic E-state index is 11.9. The van der Waals surface area contributed by atoms with Gasteiger partial charge in [-0.1, -0.05) is 25.7 Å². The van der Waals surface area contributed by atoms with Crippen molar-refractivity contribution in [2.45, 2.75) is 32.1 Å². The molecule has 1 fully saturated rings. The molecule has 1 N–H and O–H groups in total. The zero-order chi connectivity index (χ0) is 13.1. The summed E-state index contributed by atoms with van der Waals surface area (Å²) in [6.45, 7) is 0.525. The predicted octanol–water partition coefficient (Wildman–Crippen LogP) is 3.30. The number of aromatic amines is 1. The number of fused-ring (bicyclic) bond motifs is 1. The molecule has 0 aromatic carbocycles. The van der Waals surface area contributed by atoms with Crippen LogP contribution in [0.4, 0.5) is 0 Å². The fraction of sp³-hybridized carbons (Fsp3) is 0.467. The van der Waals surface area contributed by atoms with Gasteiger partial charge in [0.05, 0.1) is 18.3 Å². The number of ether oxygens (including phenoxy) is 1. The number of nitrogens with one attached hydrogen (secondary N) is 1. The molecule has 1 saturated carbocycles. The summed E-state index contributed by atoms with van der Waals surface area (Å²) >= 11 is 0. The first-order chi connectivity index (χ1) is 9.33. The zero-order valence-electron chi connectivity index (χ0n) is 10.9.